The monoisotopic (exact) mass is 351 g/mol. The summed E-state index contributed by atoms with van der Waals surface area (Å²) < 4.78 is 4.98. The van der Waals surface area contributed by atoms with E-state index in [-0.39, 0.29) is 17.8 Å². The van der Waals surface area contributed by atoms with E-state index >= 15 is 0 Å². The van der Waals surface area contributed by atoms with Gasteiger partial charge in [-0.05, 0) is 49.3 Å². The van der Waals surface area contributed by atoms with Crippen LogP contribution in [0.2, 0.25) is 0 Å². The summed E-state index contributed by atoms with van der Waals surface area (Å²) in [6.45, 7) is 2.22. The molecule has 1 saturated carbocycles. The summed E-state index contributed by atoms with van der Waals surface area (Å²) in [6.07, 6.45) is 7.57. The third-order valence-electron chi connectivity index (χ3n) is 4.77. The molecule has 1 unspecified atom stereocenters. The Bertz CT molecular complexity index is 538. The van der Waals surface area contributed by atoms with Gasteiger partial charge in [0.15, 0.2) is 0 Å². The third-order valence-corrected chi connectivity index (χ3v) is 5.08. The van der Waals surface area contributed by atoms with Gasteiger partial charge < -0.3 is 9.64 Å². The number of carbonyl (C=O) groups excluding carboxylic acids is 1. The first-order valence-electron chi connectivity index (χ1n) is 9.11. The van der Waals surface area contributed by atoms with Gasteiger partial charge in [-0.3, -0.25) is 4.79 Å². The molecule has 0 amide bonds. The highest BCUT2D eigenvalue weighted by Gasteiger charge is 2.20. The van der Waals surface area contributed by atoms with E-state index in [1.807, 2.05) is 6.92 Å². The van der Waals surface area contributed by atoms with Crippen LogP contribution in [0.3, 0.4) is 0 Å². The molecule has 3 nitrogen and oxygen atoms in total. The molecule has 0 bridgehead atoms. The van der Waals surface area contributed by atoms with Gasteiger partial charge in [0, 0.05) is 25.2 Å². The molecule has 24 heavy (non-hydrogen) atoms. The number of hydrogen-bond donors (Lipinski definition) is 0. The minimum atomic E-state index is -0.223. The van der Waals surface area contributed by atoms with E-state index in [0.717, 1.165) is 0 Å². The second-order valence-corrected chi connectivity index (χ2v) is 7.55. The molecule has 0 aromatic heterocycles. The van der Waals surface area contributed by atoms with Gasteiger partial charge in [-0.1, -0.05) is 31.4 Å². The van der Waals surface area contributed by atoms with Gasteiger partial charge in [0.2, 0.25) is 0 Å². The summed E-state index contributed by atoms with van der Waals surface area (Å²) in [7, 11) is 4.20. The van der Waals surface area contributed by atoms with Crippen LogP contribution in [0.25, 0.3) is 0 Å². The maximum absolute atomic E-state index is 11.6. The second-order valence-electron chi connectivity index (χ2n) is 6.93. The zero-order valence-electron chi connectivity index (χ0n) is 15.2. The summed E-state index contributed by atoms with van der Waals surface area (Å²) in [5, 5.41) is -0.223. The molecule has 1 aromatic rings. The lowest BCUT2D eigenvalue weighted by atomic mass is 9.82. The van der Waals surface area contributed by atoms with E-state index in [2.05, 4.69) is 37.2 Å². The highest BCUT2D eigenvalue weighted by Crippen LogP contribution is 2.38. The van der Waals surface area contributed by atoms with Crippen molar-refractivity contribution in [3.8, 4) is 0 Å². The summed E-state index contributed by atoms with van der Waals surface area (Å²) in [6, 6.07) is 6.69. The first kappa shape index (κ1) is 19.1. The molecule has 1 aliphatic carbocycles. The standard InChI is InChI=1S/C20H30ClNO2/c1-4-24-20(23)14-17(21)12-15-10-11-18(19(13-15)22(2)3)16-8-6-5-7-9-16/h10-11,13,16-17H,4-9,12,14H2,1-3H3. The molecule has 2 rings (SSSR count). The molecule has 0 aliphatic heterocycles. The van der Waals surface area contributed by atoms with Crippen LogP contribution in [-0.4, -0.2) is 32.0 Å². The molecule has 134 valence electrons. The molecular weight excluding hydrogens is 322 g/mol. The van der Waals surface area contributed by atoms with Crippen molar-refractivity contribution in [1.29, 1.82) is 0 Å². The normalized spacial score (nSPS) is 16.7. The van der Waals surface area contributed by atoms with Crippen LogP contribution in [-0.2, 0) is 16.0 Å². The number of nitrogens with zero attached hydrogens (tertiary/aromatic N) is 1. The topological polar surface area (TPSA) is 29.5 Å². The van der Waals surface area contributed by atoms with E-state index in [0.29, 0.717) is 18.9 Å². The second kappa shape index (κ2) is 9.31. The van der Waals surface area contributed by atoms with Crippen molar-refractivity contribution >= 4 is 23.3 Å². The summed E-state index contributed by atoms with van der Waals surface area (Å²) >= 11 is 6.35. The molecule has 1 aliphatic rings. The Hall–Kier alpha value is -1.22. The van der Waals surface area contributed by atoms with Crippen LogP contribution in [0.4, 0.5) is 5.69 Å². The maximum atomic E-state index is 11.6. The first-order chi connectivity index (χ1) is 11.5. The van der Waals surface area contributed by atoms with Crippen LogP contribution in [0.15, 0.2) is 18.2 Å². The molecule has 0 N–H and O–H groups in total. The Morgan fingerprint density at radius 2 is 2.00 bits per heavy atom. The number of carbonyl (C=O) groups is 1. The molecule has 4 heteroatoms. The lowest BCUT2D eigenvalue weighted by Crippen LogP contribution is -2.16. The molecule has 1 fully saturated rings. The fourth-order valence-corrected chi connectivity index (χ4v) is 3.90. The fraction of sp³-hybridized carbons (Fsp3) is 0.650. The highest BCUT2D eigenvalue weighted by molar-refractivity contribution is 6.21. The van der Waals surface area contributed by atoms with E-state index in [1.165, 1.54) is 48.9 Å². The quantitative estimate of drug-likeness (QED) is 0.516. The average Bonchev–Trinajstić information content (AvgIpc) is 2.55. The maximum Gasteiger partial charge on any atom is 0.307 e. The molecule has 0 radical (unpaired) electrons. The van der Waals surface area contributed by atoms with E-state index in [4.69, 9.17) is 16.3 Å². The number of benzene rings is 1. The molecule has 1 atom stereocenters. The highest BCUT2D eigenvalue weighted by atomic mass is 35.5. The lowest BCUT2D eigenvalue weighted by Gasteiger charge is -2.27. The number of alkyl halides is 1. The molecule has 0 spiro atoms. The Morgan fingerprint density at radius 3 is 2.62 bits per heavy atom. The number of halogens is 1. The van der Waals surface area contributed by atoms with Gasteiger partial charge in [-0.2, -0.15) is 0 Å². The predicted octanol–water partition coefficient (Wildman–Crippen LogP) is 4.90. The number of anilines is 1. The molecule has 0 heterocycles. The number of rotatable bonds is 7. The zero-order chi connectivity index (χ0) is 17.5. The van der Waals surface area contributed by atoms with E-state index < -0.39 is 0 Å². The van der Waals surface area contributed by atoms with Gasteiger partial charge in [0.1, 0.15) is 0 Å². The predicted molar refractivity (Wildman–Crippen MR) is 101 cm³/mol. The van der Waals surface area contributed by atoms with Crippen molar-refractivity contribution in [3.63, 3.8) is 0 Å². The first-order valence-corrected chi connectivity index (χ1v) is 9.54. The summed E-state index contributed by atoms with van der Waals surface area (Å²) in [5.74, 6) is 0.459. The van der Waals surface area contributed by atoms with Crippen LogP contribution in [0.1, 0.15) is 62.5 Å². The number of esters is 1. The van der Waals surface area contributed by atoms with Gasteiger partial charge in [-0.25, -0.2) is 0 Å². The zero-order valence-corrected chi connectivity index (χ0v) is 15.9. The number of hydrogen-bond acceptors (Lipinski definition) is 3. The van der Waals surface area contributed by atoms with Crippen molar-refractivity contribution in [3.05, 3.63) is 29.3 Å². The molecule has 0 saturated heterocycles. The Labute approximate surface area is 151 Å². The summed E-state index contributed by atoms with van der Waals surface area (Å²) in [4.78, 5) is 13.8. The van der Waals surface area contributed by atoms with Gasteiger partial charge in [-0.15, -0.1) is 11.6 Å². The van der Waals surface area contributed by atoms with Crippen LogP contribution >= 0.6 is 11.6 Å². The molecule has 1 aromatic carbocycles. The van der Waals surface area contributed by atoms with Crippen molar-refractivity contribution in [2.75, 3.05) is 25.6 Å². The van der Waals surface area contributed by atoms with Gasteiger partial charge in [0.25, 0.3) is 0 Å². The minimum Gasteiger partial charge on any atom is -0.466 e. The van der Waals surface area contributed by atoms with Crippen molar-refractivity contribution in [2.45, 2.75) is 63.2 Å². The largest absolute Gasteiger partial charge is 0.466 e. The number of ether oxygens (including phenoxy) is 1. The van der Waals surface area contributed by atoms with Gasteiger partial charge >= 0.3 is 5.97 Å². The third kappa shape index (κ3) is 5.41. The van der Waals surface area contributed by atoms with Crippen LogP contribution in [0, 0.1) is 0 Å². The average molecular weight is 352 g/mol. The van der Waals surface area contributed by atoms with Gasteiger partial charge in [0.05, 0.1) is 13.0 Å². The lowest BCUT2D eigenvalue weighted by molar-refractivity contribution is -0.143. The fourth-order valence-electron chi connectivity index (χ4n) is 3.59. The summed E-state index contributed by atoms with van der Waals surface area (Å²) in [5.41, 5.74) is 3.93. The Morgan fingerprint density at radius 1 is 1.29 bits per heavy atom. The van der Waals surface area contributed by atoms with E-state index in [9.17, 15) is 4.79 Å². The Balaban J connectivity index is 2.08. The van der Waals surface area contributed by atoms with Crippen molar-refractivity contribution in [1.82, 2.24) is 0 Å². The van der Waals surface area contributed by atoms with Crippen molar-refractivity contribution in [2.24, 2.45) is 0 Å². The van der Waals surface area contributed by atoms with E-state index in [1.54, 1.807) is 0 Å². The van der Waals surface area contributed by atoms with Crippen LogP contribution < -0.4 is 4.90 Å². The SMILES string of the molecule is CCOC(=O)CC(Cl)Cc1ccc(C2CCCCC2)c(N(C)C)c1. The molecular formula is C20H30ClNO2. The van der Waals surface area contributed by atoms with Crippen LogP contribution in [0.5, 0.6) is 0 Å². The minimum absolute atomic E-state index is 0.218. The Kier molecular flexibility index (Phi) is 7.41. The van der Waals surface area contributed by atoms with Crippen molar-refractivity contribution < 1.29 is 9.53 Å². The smallest absolute Gasteiger partial charge is 0.307 e.